The maximum atomic E-state index is 12.6. The first-order valence-electron chi connectivity index (χ1n) is 4.71. The van der Waals surface area contributed by atoms with Crippen molar-refractivity contribution in [1.82, 2.24) is 0 Å². The zero-order valence-corrected chi connectivity index (χ0v) is 8.60. The van der Waals surface area contributed by atoms with E-state index in [0.717, 1.165) is 18.7 Å². The summed E-state index contributed by atoms with van der Waals surface area (Å²) in [5.41, 5.74) is 9.04. The number of halogens is 1. The first-order valence-corrected chi connectivity index (χ1v) is 4.71. The number of rotatable bonds is 5. The van der Waals surface area contributed by atoms with Crippen molar-refractivity contribution in [3.8, 4) is 0 Å². The van der Waals surface area contributed by atoms with Gasteiger partial charge in [0.2, 0.25) is 0 Å². The van der Waals surface area contributed by atoms with Crippen LogP contribution in [0.4, 0.5) is 10.1 Å². The van der Waals surface area contributed by atoms with Crippen molar-refractivity contribution in [3.63, 3.8) is 0 Å². The molecule has 0 aromatic heterocycles. The third-order valence-corrected chi connectivity index (χ3v) is 2.08. The van der Waals surface area contributed by atoms with Crippen LogP contribution in [0.3, 0.4) is 0 Å². The monoisotopic (exact) mass is 208 g/mol. The van der Waals surface area contributed by atoms with Crippen molar-refractivity contribution in [3.05, 3.63) is 40.5 Å². The first-order chi connectivity index (χ1) is 7.24. The van der Waals surface area contributed by atoms with E-state index >= 15 is 0 Å². The Kier molecular flexibility index (Phi) is 4.44. The molecule has 80 valence electrons. The summed E-state index contributed by atoms with van der Waals surface area (Å²) in [5, 5.41) is 3.45. The van der Waals surface area contributed by atoms with E-state index in [0.29, 0.717) is 6.54 Å². The molecule has 0 heterocycles. The van der Waals surface area contributed by atoms with Crippen LogP contribution in [0.25, 0.3) is 10.4 Å². The lowest BCUT2D eigenvalue weighted by Gasteiger charge is -2.18. The minimum atomic E-state index is -0.235. The fourth-order valence-corrected chi connectivity index (χ4v) is 1.25. The highest BCUT2D eigenvalue weighted by Crippen LogP contribution is 2.12. The predicted octanol–water partition coefficient (Wildman–Crippen LogP) is 2.96. The fraction of sp³-hybridized carbons (Fsp3) is 0.400. The molecule has 0 aliphatic carbocycles. The molecule has 1 aromatic carbocycles. The van der Waals surface area contributed by atoms with Gasteiger partial charge in [0.15, 0.2) is 0 Å². The van der Waals surface area contributed by atoms with Crippen LogP contribution in [0.2, 0.25) is 0 Å². The van der Waals surface area contributed by atoms with Gasteiger partial charge in [0.25, 0.3) is 0 Å². The largest absolute Gasteiger partial charge is 0.375 e. The van der Waals surface area contributed by atoms with Gasteiger partial charge in [-0.15, -0.1) is 0 Å². The smallest absolute Gasteiger partial charge is 0.123 e. The SMILES string of the molecule is CN(CCCN=[N+]=[N-])c1ccc(F)cc1. The van der Waals surface area contributed by atoms with E-state index in [2.05, 4.69) is 10.0 Å². The molecule has 0 saturated carbocycles. The average Bonchev–Trinajstić information content (AvgIpc) is 2.25. The molecule has 15 heavy (non-hydrogen) atoms. The third kappa shape index (κ3) is 3.87. The minimum Gasteiger partial charge on any atom is -0.375 e. The highest BCUT2D eigenvalue weighted by Gasteiger charge is 1.99. The molecule has 1 aromatic rings. The molecule has 1 rings (SSSR count). The third-order valence-electron chi connectivity index (χ3n) is 2.08. The van der Waals surface area contributed by atoms with E-state index in [9.17, 15) is 4.39 Å². The van der Waals surface area contributed by atoms with Gasteiger partial charge in [-0.2, -0.15) is 0 Å². The van der Waals surface area contributed by atoms with E-state index in [1.807, 2.05) is 11.9 Å². The van der Waals surface area contributed by atoms with Gasteiger partial charge in [-0.25, -0.2) is 4.39 Å². The van der Waals surface area contributed by atoms with Crippen molar-refractivity contribution in [2.75, 3.05) is 25.0 Å². The first kappa shape index (κ1) is 11.3. The number of benzene rings is 1. The fourth-order valence-electron chi connectivity index (χ4n) is 1.25. The second kappa shape index (κ2) is 5.88. The van der Waals surface area contributed by atoms with Crippen LogP contribution in [0.1, 0.15) is 6.42 Å². The molecule has 0 bridgehead atoms. The van der Waals surface area contributed by atoms with Crippen LogP contribution in [-0.4, -0.2) is 20.1 Å². The number of hydrogen-bond donors (Lipinski definition) is 0. The summed E-state index contributed by atoms with van der Waals surface area (Å²) < 4.78 is 12.6. The number of azide groups is 1. The van der Waals surface area contributed by atoms with Crippen molar-refractivity contribution in [2.24, 2.45) is 5.11 Å². The molecular weight excluding hydrogens is 195 g/mol. The lowest BCUT2D eigenvalue weighted by Crippen LogP contribution is -2.18. The molecule has 0 atom stereocenters. The van der Waals surface area contributed by atoms with Crippen molar-refractivity contribution >= 4 is 5.69 Å². The van der Waals surface area contributed by atoms with E-state index in [-0.39, 0.29) is 5.82 Å². The van der Waals surface area contributed by atoms with Crippen molar-refractivity contribution in [2.45, 2.75) is 6.42 Å². The zero-order chi connectivity index (χ0) is 11.1. The topological polar surface area (TPSA) is 52.0 Å². The summed E-state index contributed by atoms with van der Waals surface area (Å²) in [6.45, 7) is 1.27. The summed E-state index contributed by atoms with van der Waals surface area (Å²) in [6, 6.07) is 6.31. The summed E-state index contributed by atoms with van der Waals surface area (Å²) in [7, 11) is 1.92. The Balaban J connectivity index is 2.42. The Labute approximate surface area is 88.0 Å². The minimum absolute atomic E-state index is 0.235. The Bertz CT molecular complexity index is 343. The standard InChI is InChI=1S/C10H13FN4/c1-15(8-2-7-13-14-12)10-5-3-9(11)4-6-10/h3-6H,2,7-8H2,1H3. The van der Waals surface area contributed by atoms with Gasteiger partial charge in [0.1, 0.15) is 5.82 Å². The highest BCUT2D eigenvalue weighted by atomic mass is 19.1. The average molecular weight is 208 g/mol. The van der Waals surface area contributed by atoms with Crippen LogP contribution in [0, 0.1) is 5.82 Å². The Hall–Kier alpha value is -1.74. The predicted molar refractivity (Wildman–Crippen MR) is 58.3 cm³/mol. The van der Waals surface area contributed by atoms with Gasteiger partial charge in [0.05, 0.1) is 0 Å². The maximum Gasteiger partial charge on any atom is 0.123 e. The van der Waals surface area contributed by atoms with Gasteiger partial charge >= 0.3 is 0 Å². The zero-order valence-electron chi connectivity index (χ0n) is 8.60. The van der Waals surface area contributed by atoms with Gasteiger partial charge in [-0.1, -0.05) is 5.11 Å². The molecule has 0 fully saturated rings. The van der Waals surface area contributed by atoms with E-state index in [1.54, 1.807) is 12.1 Å². The van der Waals surface area contributed by atoms with Crippen LogP contribution < -0.4 is 4.90 Å². The van der Waals surface area contributed by atoms with Gasteiger partial charge in [0, 0.05) is 30.7 Å². The van der Waals surface area contributed by atoms with E-state index in [4.69, 9.17) is 5.53 Å². The summed E-state index contributed by atoms with van der Waals surface area (Å²) in [5.74, 6) is -0.235. The number of nitrogens with zero attached hydrogens (tertiary/aromatic N) is 4. The van der Waals surface area contributed by atoms with Gasteiger partial charge < -0.3 is 4.90 Å². The van der Waals surface area contributed by atoms with Crippen molar-refractivity contribution < 1.29 is 4.39 Å². The molecule has 0 spiro atoms. The molecule has 0 radical (unpaired) electrons. The molecule has 0 N–H and O–H groups in total. The van der Waals surface area contributed by atoms with Crippen molar-refractivity contribution in [1.29, 1.82) is 0 Å². The maximum absolute atomic E-state index is 12.6. The molecule has 0 saturated heterocycles. The molecule has 4 nitrogen and oxygen atoms in total. The lowest BCUT2D eigenvalue weighted by atomic mass is 10.3. The Morgan fingerprint density at radius 2 is 2.07 bits per heavy atom. The second-order valence-corrected chi connectivity index (χ2v) is 3.21. The molecule has 0 amide bonds. The summed E-state index contributed by atoms with van der Waals surface area (Å²) >= 11 is 0. The normalized spacial score (nSPS) is 9.47. The quantitative estimate of drug-likeness (QED) is 0.317. The summed E-state index contributed by atoms with van der Waals surface area (Å²) in [6.07, 6.45) is 0.790. The molecule has 0 aliphatic rings. The van der Waals surface area contributed by atoms with Gasteiger partial charge in [-0.3, -0.25) is 0 Å². The Morgan fingerprint density at radius 3 is 2.67 bits per heavy atom. The molecule has 0 unspecified atom stereocenters. The second-order valence-electron chi connectivity index (χ2n) is 3.21. The number of hydrogen-bond acceptors (Lipinski definition) is 2. The summed E-state index contributed by atoms with van der Waals surface area (Å²) in [4.78, 5) is 4.67. The van der Waals surface area contributed by atoms with E-state index in [1.165, 1.54) is 12.1 Å². The lowest BCUT2D eigenvalue weighted by molar-refractivity contribution is 0.627. The van der Waals surface area contributed by atoms with E-state index < -0.39 is 0 Å². The highest BCUT2D eigenvalue weighted by molar-refractivity contribution is 5.45. The molecule has 5 heteroatoms. The molecule has 0 aliphatic heterocycles. The van der Waals surface area contributed by atoms with Gasteiger partial charge in [-0.05, 0) is 36.2 Å². The van der Waals surface area contributed by atoms with Crippen LogP contribution in [0.5, 0.6) is 0 Å². The van der Waals surface area contributed by atoms with Crippen LogP contribution in [-0.2, 0) is 0 Å². The van der Waals surface area contributed by atoms with Crippen LogP contribution in [0.15, 0.2) is 29.4 Å². The molecular formula is C10H13FN4. The Morgan fingerprint density at radius 1 is 1.40 bits per heavy atom. The van der Waals surface area contributed by atoms with Crippen LogP contribution >= 0.6 is 0 Å². The number of anilines is 1.